The van der Waals surface area contributed by atoms with E-state index in [4.69, 9.17) is 0 Å². The highest BCUT2D eigenvalue weighted by Crippen LogP contribution is 2.35. The smallest absolute Gasteiger partial charge is 0.272 e. The van der Waals surface area contributed by atoms with Crippen LogP contribution in [0.1, 0.15) is 36.2 Å². The minimum Gasteiger partial charge on any atom is -0.334 e. The van der Waals surface area contributed by atoms with Crippen LogP contribution in [0.5, 0.6) is 0 Å². The molecule has 2 atom stereocenters. The van der Waals surface area contributed by atoms with E-state index in [0.717, 1.165) is 12.5 Å². The second-order valence-corrected chi connectivity index (χ2v) is 4.86. The van der Waals surface area contributed by atoms with Crippen LogP contribution >= 0.6 is 0 Å². The topological polar surface area (TPSA) is 33.2 Å². The van der Waals surface area contributed by atoms with Gasteiger partial charge >= 0.3 is 0 Å². The predicted octanol–water partition coefficient (Wildman–Crippen LogP) is 2.10. The molecule has 2 unspecified atom stereocenters. The van der Waals surface area contributed by atoms with Crippen LogP contribution in [0.15, 0.2) is 24.4 Å². The molecule has 1 aromatic rings. The predicted molar refractivity (Wildman–Crippen MR) is 61.0 cm³/mol. The van der Waals surface area contributed by atoms with Gasteiger partial charge in [0.05, 0.1) is 0 Å². The normalized spacial score (nSPS) is 28.1. The zero-order valence-electron chi connectivity index (χ0n) is 9.30. The van der Waals surface area contributed by atoms with Crippen molar-refractivity contribution in [1.82, 2.24) is 9.88 Å². The van der Waals surface area contributed by atoms with E-state index >= 15 is 0 Å². The highest BCUT2D eigenvalue weighted by Gasteiger charge is 2.38. The summed E-state index contributed by atoms with van der Waals surface area (Å²) in [6.07, 6.45) is 6.65. The lowest BCUT2D eigenvalue weighted by Gasteiger charge is -2.24. The maximum absolute atomic E-state index is 12.3. The average Bonchev–Trinajstić information content (AvgIpc) is 2.64. The molecule has 0 N–H and O–H groups in total. The first-order valence-electron chi connectivity index (χ1n) is 6.06. The fraction of sp³-hybridized carbons (Fsp3) is 0.538. The summed E-state index contributed by atoms with van der Waals surface area (Å²) in [4.78, 5) is 18.4. The standard InChI is InChI=1S/C13H16N2O/c16-13(12-6-1-2-7-14-12)15-9-10-4-3-5-11(15)8-10/h1-2,6-7,10-11H,3-5,8-9H2. The molecule has 3 nitrogen and oxygen atoms in total. The van der Waals surface area contributed by atoms with Gasteiger partial charge in [-0.15, -0.1) is 0 Å². The molecule has 1 saturated carbocycles. The largest absolute Gasteiger partial charge is 0.334 e. The third-order valence-electron chi connectivity index (χ3n) is 3.80. The third-order valence-corrected chi connectivity index (χ3v) is 3.80. The fourth-order valence-electron chi connectivity index (χ4n) is 3.02. The van der Waals surface area contributed by atoms with Crippen LogP contribution in [0, 0.1) is 5.92 Å². The molecule has 2 bridgehead atoms. The summed E-state index contributed by atoms with van der Waals surface area (Å²) >= 11 is 0. The van der Waals surface area contributed by atoms with E-state index in [-0.39, 0.29) is 5.91 Å². The summed E-state index contributed by atoms with van der Waals surface area (Å²) in [5, 5.41) is 0. The summed E-state index contributed by atoms with van der Waals surface area (Å²) in [6, 6.07) is 6.01. The average molecular weight is 216 g/mol. The Morgan fingerprint density at radius 3 is 3.06 bits per heavy atom. The first kappa shape index (κ1) is 9.82. The van der Waals surface area contributed by atoms with Crippen LogP contribution < -0.4 is 0 Å². The van der Waals surface area contributed by atoms with E-state index in [1.54, 1.807) is 6.20 Å². The van der Waals surface area contributed by atoms with Gasteiger partial charge in [0, 0.05) is 18.8 Å². The summed E-state index contributed by atoms with van der Waals surface area (Å²) < 4.78 is 0. The van der Waals surface area contributed by atoms with E-state index in [2.05, 4.69) is 4.98 Å². The summed E-state index contributed by atoms with van der Waals surface area (Å²) in [7, 11) is 0. The Morgan fingerprint density at radius 2 is 2.31 bits per heavy atom. The van der Waals surface area contributed by atoms with Crippen LogP contribution in [-0.4, -0.2) is 28.4 Å². The monoisotopic (exact) mass is 216 g/mol. The van der Waals surface area contributed by atoms with Crippen LogP contribution in [0.4, 0.5) is 0 Å². The summed E-state index contributed by atoms with van der Waals surface area (Å²) in [5.41, 5.74) is 0.593. The Labute approximate surface area is 95.5 Å². The molecule has 84 valence electrons. The number of rotatable bonds is 1. The summed E-state index contributed by atoms with van der Waals surface area (Å²) in [6.45, 7) is 0.945. The number of hydrogen-bond acceptors (Lipinski definition) is 2. The quantitative estimate of drug-likeness (QED) is 0.720. The van der Waals surface area contributed by atoms with Gasteiger partial charge < -0.3 is 4.90 Å². The van der Waals surface area contributed by atoms with Crippen molar-refractivity contribution in [2.45, 2.75) is 31.7 Å². The Morgan fingerprint density at radius 1 is 1.38 bits per heavy atom. The van der Waals surface area contributed by atoms with Crippen molar-refractivity contribution >= 4 is 5.91 Å². The molecule has 1 aromatic heterocycles. The molecule has 1 aliphatic carbocycles. The Balaban J connectivity index is 1.81. The number of carbonyl (C=O) groups is 1. The van der Waals surface area contributed by atoms with Crippen LogP contribution in [-0.2, 0) is 0 Å². The van der Waals surface area contributed by atoms with Crippen LogP contribution in [0.3, 0.4) is 0 Å². The maximum atomic E-state index is 12.3. The molecule has 3 heteroatoms. The van der Waals surface area contributed by atoms with E-state index < -0.39 is 0 Å². The number of nitrogens with zero attached hydrogens (tertiary/aromatic N) is 2. The number of likely N-dealkylation sites (tertiary alicyclic amines) is 1. The molecule has 2 aliphatic rings. The van der Waals surface area contributed by atoms with Gasteiger partial charge in [0.1, 0.15) is 5.69 Å². The minimum absolute atomic E-state index is 0.120. The number of hydrogen-bond donors (Lipinski definition) is 0. The van der Waals surface area contributed by atoms with Crippen molar-refractivity contribution in [1.29, 1.82) is 0 Å². The molecule has 2 fully saturated rings. The van der Waals surface area contributed by atoms with E-state index in [1.165, 1.54) is 25.7 Å². The van der Waals surface area contributed by atoms with Crippen molar-refractivity contribution in [3.63, 3.8) is 0 Å². The lowest BCUT2D eigenvalue weighted by molar-refractivity contribution is 0.0727. The molecule has 0 aromatic carbocycles. The molecule has 2 heterocycles. The first-order valence-corrected chi connectivity index (χ1v) is 6.06. The zero-order chi connectivity index (χ0) is 11.0. The number of fused-ring (bicyclic) bond motifs is 2. The second-order valence-electron chi connectivity index (χ2n) is 4.86. The van der Waals surface area contributed by atoms with Crippen LogP contribution in [0.25, 0.3) is 0 Å². The molecular formula is C13H16N2O. The molecule has 1 amide bonds. The lowest BCUT2D eigenvalue weighted by Crippen LogP contribution is -2.35. The molecule has 3 rings (SSSR count). The highest BCUT2D eigenvalue weighted by molar-refractivity contribution is 5.92. The van der Waals surface area contributed by atoms with Crippen molar-refractivity contribution in [3.05, 3.63) is 30.1 Å². The molecular weight excluding hydrogens is 200 g/mol. The minimum atomic E-state index is 0.120. The molecule has 1 aliphatic heterocycles. The Hall–Kier alpha value is -1.38. The molecule has 1 saturated heterocycles. The van der Waals surface area contributed by atoms with Crippen LogP contribution in [0.2, 0.25) is 0 Å². The Bertz CT molecular complexity index is 390. The third kappa shape index (κ3) is 1.60. The first-order chi connectivity index (χ1) is 7.84. The second kappa shape index (κ2) is 3.89. The van der Waals surface area contributed by atoms with Gasteiger partial charge in [-0.25, -0.2) is 0 Å². The highest BCUT2D eigenvalue weighted by atomic mass is 16.2. The SMILES string of the molecule is O=C(c1ccccn1)N1CC2CCCC1C2. The maximum Gasteiger partial charge on any atom is 0.272 e. The van der Waals surface area contributed by atoms with Gasteiger partial charge in [-0.1, -0.05) is 12.5 Å². The van der Waals surface area contributed by atoms with Gasteiger partial charge in [0.2, 0.25) is 0 Å². The van der Waals surface area contributed by atoms with Gasteiger partial charge in [0.15, 0.2) is 0 Å². The lowest BCUT2D eigenvalue weighted by atomic mass is 9.90. The van der Waals surface area contributed by atoms with E-state index in [1.807, 2.05) is 23.1 Å². The fourth-order valence-corrected chi connectivity index (χ4v) is 3.02. The molecule has 0 spiro atoms. The van der Waals surface area contributed by atoms with Gasteiger partial charge in [-0.05, 0) is 37.3 Å². The van der Waals surface area contributed by atoms with E-state index in [9.17, 15) is 4.79 Å². The number of amides is 1. The van der Waals surface area contributed by atoms with Gasteiger partial charge in [-0.2, -0.15) is 0 Å². The van der Waals surface area contributed by atoms with Crippen molar-refractivity contribution in [2.75, 3.05) is 6.54 Å². The summed E-state index contributed by atoms with van der Waals surface area (Å²) in [5.74, 6) is 0.862. The Kier molecular flexibility index (Phi) is 2.39. The van der Waals surface area contributed by atoms with Crippen molar-refractivity contribution in [3.8, 4) is 0 Å². The number of pyridine rings is 1. The van der Waals surface area contributed by atoms with Gasteiger partial charge in [-0.3, -0.25) is 9.78 Å². The zero-order valence-corrected chi connectivity index (χ0v) is 9.30. The van der Waals surface area contributed by atoms with Crippen molar-refractivity contribution in [2.24, 2.45) is 5.92 Å². The molecule has 0 radical (unpaired) electrons. The molecule has 16 heavy (non-hydrogen) atoms. The number of aromatic nitrogens is 1. The van der Waals surface area contributed by atoms with E-state index in [0.29, 0.717) is 11.7 Å². The number of carbonyl (C=O) groups excluding carboxylic acids is 1. The van der Waals surface area contributed by atoms with Crippen molar-refractivity contribution < 1.29 is 4.79 Å². The van der Waals surface area contributed by atoms with Gasteiger partial charge in [0.25, 0.3) is 5.91 Å².